The first kappa shape index (κ1) is 14.2. The molecule has 2 aliphatic heterocycles. The predicted molar refractivity (Wildman–Crippen MR) is 67.3 cm³/mol. The van der Waals surface area contributed by atoms with Crippen LogP contribution in [0, 0.1) is 5.92 Å². The van der Waals surface area contributed by atoms with Gasteiger partial charge in [-0.05, 0) is 12.8 Å². The van der Waals surface area contributed by atoms with Crippen LogP contribution >= 0.6 is 0 Å². The minimum Gasteiger partial charge on any atom is -0.386 e. The summed E-state index contributed by atoms with van der Waals surface area (Å²) in [5, 5.41) is 10.9. The Kier molecular flexibility index (Phi) is 4.61. The van der Waals surface area contributed by atoms with E-state index in [4.69, 9.17) is 14.2 Å². The minimum absolute atomic E-state index is 0.161. The number of methoxy groups -OCH3 is 1. The van der Waals surface area contributed by atoms with Gasteiger partial charge in [0.2, 0.25) is 0 Å². The van der Waals surface area contributed by atoms with Gasteiger partial charge in [0.25, 0.3) is 0 Å². The Labute approximate surface area is 109 Å². The highest BCUT2D eigenvalue weighted by atomic mass is 16.7. The van der Waals surface area contributed by atoms with Crippen LogP contribution in [0.25, 0.3) is 0 Å². The van der Waals surface area contributed by atoms with Crippen molar-refractivity contribution in [3.8, 4) is 0 Å². The average molecular weight is 259 g/mol. The van der Waals surface area contributed by atoms with Gasteiger partial charge in [0.15, 0.2) is 6.29 Å². The van der Waals surface area contributed by atoms with E-state index in [0.717, 1.165) is 32.7 Å². The minimum atomic E-state index is -0.799. The molecule has 0 bridgehead atoms. The normalized spacial score (nSPS) is 43.0. The van der Waals surface area contributed by atoms with Gasteiger partial charge in [-0.15, -0.1) is 0 Å². The quantitative estimate of drug-likeness (QED) is 0.798. The molecule has 106 valence electrons. The SMILES string of the molecule is CO[C@H]1CC(C)C(O)(CN2CCOCC2)[C@H](C)O1. The summed E-state index contributed by atoms with van der Waals surface area (Å²) in [5.41, 5.74) is -0.799. The van der Waals surface area contributed by atoms with E-state index in [9.17, 15) is 5.11 Å². The van der Waals surface area contributed by atoms with E-state index >= 15 is 0 Å². The van der Waals surface area contributed by atoms with E-state index in [1.54, 1.807) is 7.11 Å². The van der Waals surface area contributed by atoms with Crippen LogP contribution in [0.2, 0.25) is 0 Å². The third-order valence-electron chi connectivity index (χ3n) is 4.30. The van der Waals surface area contributed by atoms with Crippen LogP contribution in [0.5, 0.6) is 0 Å². The Balaban J connectivity index is 1.99. The van der Waals surface area contributed by atoms with Crippen molar-refractivity contribution in [3.63, 3.8) is 0 Å². The van der Waals surface area contributed by atoms with Gasteiger partial charge in [-0.3, -0.25) is 4.90 Å². The molecular weight excluding hydrogens is 234 g/mol. The van der Waals surface area contributed by atoms with Crippen LogP contribution in [0.4, 0.5) is 0 Å². The maximum Gasteiger partial charge on any atom is 0.158 e. The Bertz CT molecular complexity index is 256. The van der Waals surface area contributed by atoms with Gasteiger partial charge in [-0.25, -0.2) is 0 Å². The van der Waals surface area contributed by atoms with E-state index < -0.39 is 5.60 Å². The van der Waals surface area contributed by atoms with E-state index in [-0.39, 0.29) is 18.3 Å². The molecule has 2 fully saturated rings. The standard InChI is InChI=1S/C13H25NO4/c1-10-8-12(16-3)18-11(2)13(10,15)9-14-4-6-17-7-5-14/h10-12,15H,4-9H2,1-3H3/t10?,11-,12+,13?/m0/s1. The molecule has 5 nitrogen and oxygen atoms in total. The first-order valence-corrected chi connectivity index (χ1v) is 6.77. The fourth-order valence-electron chi connectivity index (χ4n) is 2.85. The van der Waals surface area contributed by atoms with E-state index in [0.29, 0.717) is 6.54 Å². The van der Waals surface area contributed by atoms with Gasteiger partial charge < -0.3 is 19.3 Å². The lowest BCUT2D eigenvalue weighted by Gasteiger charge is -2.48. The zero-order chi connectivity index (χ0) is 13.2. The molecule has 0 amide bonds. The number of β-amino-alcohol motifs (C(OH)–C–C–N with tert-alkyl or cyclic N) is 1. The Morgan fingerprint density at radius 3 is 2.56 bits per heavy atom. The zero-order valence-electron chi connectivity index (χ0n) is 11.6. The highest BCUT2D eigenvalue weighted by Crippen LogP contribution is 2.35. The summed E-state index contributed by atoms with van der Waals surface area (Å²) >= 11 is 0. The summed E-state index contributed by atoms with van der Waals surface area (Å²) in [4.78, 5) is 2.26. The van der Waals surface area contributed by atoms with Crippen molar-refractivity contribution >= 4 is 0 Å². The van der Waals surface area contributed by atoms with Crippen LogP contribution in [0.1, 0.15) is 20.3 Å². The lowest BCUT2D eigenvalue weighted by atomic mass is 9.79. The Hall–Kier alpha value is -0.200. The second kappa shape index (κ2) is 5.84. The second-order valence-electron chi connectivity index (χ2n) is 5.46. The summed E-state index contributed by atoms with van der Waals surface area (Å²) < 4.78 is 16.3. The van der Waals surface area contributed by atoms with Crippen molar-refractivity contribution < 1.29 is 19.3 Å². The molecule has 5 heteroatoms. The van der Waals surface area contributed by atoms with Gasteiger partial charge in [0.1, 0.15) is 5.60 Å². The zero-order valence-corrected chi connectivity index (χ0v) is 11.6. The second-order valence-corrected chi connectivity index (χ2v) is 5.46. The first-order chi connectivity index (χ1) is 8.56. The van der Waals surface area contributed by atoms with Gasteiger partial charge in [0, 0.05) is 33.2 Å². The van der Waals surface area contributed by atoms with Crippen LogP contribution in [0.3, 0.4) is 0 Å². The first-order valence-electron chi connectivity index (χ1n) is 6.77. The molecule has 0 aliphatic carbocycles. The number of ether oxygens (including phenoxy) is 3. The smallest absolute Gasteiger partial charge is 0.158 e. The lowest BCUT2D eigenvalue weighted by Crippen LogP contribution is -2.61. The molecule has 18 heavy (non-hydrogen) atoms. The summed E-state index contributed by atoms with van der Waals surface area (Å²) in [7, 11) is 1.65. The topological polar surface area (TPSA) is 51.2 Å². The molecule has 2 rings (SSSR count). The molecule has 2 unspecified atom stereocenters. The molecule has 0 saturated carbocycles. The molecule has 0 aromatic carbocycles. The monoisotopic (exact) mass is 259 g/mol. The average Bonchev–Trinajstić information content (AvgIpc) is 2.37. The van der Waals surface area contributed by atoms with Gasteiger partial charge in [-0.2, -0.15) is 0 Å². The van der Waals surface area contributed by atoms with Gasteiger partial charge in [0.05, 0.1) is 19.3 Å². The lowest BCUT2D eigenvalue weighted by molar-refractivity contribution is -0.264. The molecule has 2 saturated heterocycles. The number of hydrogen-bond donors (Lipinski definition) is 1. The molecule has 0 radical (unpaired) electrons. The van der Waals surface area contributed by atoms with Crippen molar-refractivity contribution in [1.29, 1.82) is 0 Å². The largest absolute Gasteiger partial charge is 0.386 e. The molecule has 2 heterocycles. The van der Waals surface area contributed by atoms with Crippen LogP contribution in [-0.2, 0) is 14.2 Å². The summed E-state index contributed by atoms with van der Waals surface area (Å²) in [6.45, 7) is 7.93. The Morgan fingerprint density at radius 2 is 2.00 bits per heavy atom. The molecule has 0 aromatic heterocycles. The maximum absolute atomic E-state index is 10.9. The van der Waals surface area contributed by atoms with Crippen molar-refractivity contribution in [2.45, 2.75) is 38.3 Å². The van der Waals surface area contributed by atoms with Crippen LogP contribution < -0.4 is 0 Å². The summed E-state index contributed by atoms with van der Waals surface area (Å²) in [5.74, 6) is 0.161. The van der Waals surface area contributed by atoms with Crippen molar-refractivity contribution in [3.05, 3.63) is 0 Å². The van der Waals surface area contributed by atoms with E-state index in [2.05, 4.69) is 11.8 Å². The van der Waals surface area contributed by atoms with Crippen molar-refractivity contribution in [2.24, 2.45) is 5.92 Å². The molecule has 2 aliphatic rings. The van der Waals surface area contributed by atoms with Crippen molar-refractivity contribution in [1.82, 2.24) is 4.90 Å². The number of rotatable bonds is 3. The fourth-order valence-corrected chi connectivity index (χ4v) is 2.85. The molecular formula is C13H25NO4. The Morgan fingerprint density at radius 1 is 1.33 bits per heavy atom. The summed E-state index contributed by atoms with van der Waals surface area (Å²) in [6.07, 6.45) is 0.329. The molecule has 4 atom stereocenters. The van der Waals surface area contributed by atoms with Gasteiger partial charge in [-0.1, -0.05) is 6.92 Å². The third kappa shape index (κ3) is 2.86. The van der Waals surface area contributed by atoms with Gasteiger partial charge >= 0.3 is 0 Å². The van der Waals surface area contributed by atoms with Crippen molar-refractivity contribution in [2.75, 3.05) is 40.0 Å². The van der Waals surface area contributed by atoms with Crippen LogP contribution in [0.15, 0.2) is 0 Å². The highest BCUT2D eigenvalue weighted by Gasteiger charge is 2.47. The number of morpholine rings is 1. The van der Waals surface area contributed by atoms with E-state index in [1.807, 2.05) is 6.92 Å². The summed E-state index contributed by atoms with van der Waals surface area (Å²) in [6, 6.07) is 0. The predicted octanol–water partition coefficient (Wildman–Crippen LogP) is 0.467. The molecule has 0 aromatic rings. The van der Waals surface area contributed by atoms with E-state index in [1.165, 1.54) is 0 Å². The number of aliphatic hydroxyl groups is 1. The molecule has 1 N–H and O–H groups in total. The number of hydrogen-bond acceptors (Lipinski definition) is 5. The molecule has 0 spiro atoms. The maximum atomic E-state index is 10.9. The fraction of sp³-hybridized carbons (Fsp3) is 1.00. The third-order valence-corrected chi connectivity index (χ3v) is 4.30. The number of nitrogens with zero attached hydrogens (tertiary/aromatic N) is 1. The van der Waals surface area contributed by atoms with Crippen LogP contribution in [-0.4, -0.2) is 68.0 Å². The highest BCUT2D eigenvalue weighted by molar-refractivity contribution is 4.96.